The lowest BCUT2D eigenvalue weighted by Gasteiger charge is -2.37. The molecule has 3 rings (SSSR count). The Labute approximate surface area is 149 Å². The van der Waals surface area contributed by atoms with Gasteiger partial charge in [-0.05, 0) is 12.0 Å². The van der Waals surface area contributed by atoms with Crippen molar-refractivity contribution in [2.75, 3.05) is 46.3 Å². The number of hydrogen-bond donors (Lipinski definition) is 0. The van der Waals surface area contributed by atoms with Crippen LogP contribution in [0.2, 0.25) is 0 Å². The summed E-state index contributed by atoms with van der Waals surface area (Å²) in [6.45, 7) is 4.91. The van der Waals surface area contributed by atoms with Crippen LogP contribution in [0.5, 0.6) is 0 Å². The van der Waals surface area contributed by atoms with Crippen LogP contribution in [0.3, 0.4) is 0 Å². The van der Waals surface area contributed by atoms with E-state index >= 15 is 0 Å². The molecule has 0 saturated carbocycles. The highest BCUT2D eigenvalue weighted by atomic mass is 16.2. The summed E-state index contributed by atoms with van der Waals surface area (Å²) in [7, 11) is 1.81. The van der Waals surface area contributed by atoms with Crippen LogP contribution in [0.4, 0.5) is 0 Å². The second kappa shape index (κ2) is 8.30. The number of hydrogen-bond acceptors (Lipinski definition) is 3. The van der Waals surface area contributed by atoms with Crippen molar-refractivity contribution in [2.45, 2.75) is 12.8 Å². The zero-order valence-electron chi connectivity index (χ0n) is 14.9. The van der Waals surface area contributed by atoms with Crippen LogP contribution in [0, 0.1) is 5.92 Å². The maximum Gasteiger partial charge on any atom is 0.226 e. The lowest BCUT2D eigenvalue weighted by Crippen LogP contribution is -2.51. The Morgan fingerprint density at radius 3 is 2.52 bits per heavy atom. The van der Waals surface area contributed by atoms with Crippen molar-refractivity contribution in [3.63, 3.8) is 0 Å². The summed E-state index contributed by atoms with van der Waals surface area (Å²) in [4.78, 5) is 30.5. The van der Waals surface area contributed by atoms with Crippen molar-refractivity contribution < 1.29 is 9.59 Å². The maximum atomic E-state index is 12.6. The quantitative estimate of drug-likeness (QED) is 0.837. The van der Waals surface area contributed by atoms with Crippen LogP contribution in [-0.4, -0.2) is 72.8 Å². The number of benzene rings is 1. The van der Waals surface area contributed by atoms with E-state index in [1.54, 1.807) is 4.90 Å². The second-order valence-corrected chi connectivity index (χ2v) is 6.94. The normalized spacial score (nSPS) is 22.6. The predicted octanol–water partition coefficient (Wildman–Crippen LogP) is 1.71. The van der Waals surface area contributed by atoms with Gasteiger partial charge in [0.2, 0.25) is 11.8 Å². The molecular formula is C20H27N3O2. The van der Waals surface area contributed by atoms with Crippen molar-refractivity contribution in [1.29, 1.82) is 0 Å². The molecule has 5 nitrogen and oxygen atoms in total. The van der Waals surface area contributed by atoms with Gasteiger partial charge in [-0.1, -0.05) is 42.5 Å². The Morgan fingerprint density at radius 1 is 1.12 bits per heavy atom. The van der Waals surface area contributed by atoms with Crippen molar-refractivity contribution >= 4 is 17.9 Å². The molecule has 2 heterocycles. The van der Waals surface area contributed by atoms with Gasteiger partial charge >= 0.3 is 0 Å². The Morgan fingerprint density at radius 2 is 1.84 bits per heavy atom. The first kappa shape index (κ1) is 17.7. The third-order valence-corrected chi connectivity index (χ3v) is 5.17. The van der Waals surface area contributed by atoms with Gasteiger partial charge in [0.15, 0.2) is 0 Å². The molecule has 0 aromatic heterocycles. The van der Waals surface area contributed by atoms with E-state index in [-0.39, 0.29) is 17.7 Å². The zero-order chi connectivity index (χ0) is 17.6. The molecule has 134 valence electrons. The van der Waals surface area contributed by atoms with E-state index in [2.05, 4.69) is 29.2 Å². The fourth-order valence-corrected chi connectivity index (χ4v) is 3.46. The van der Waals surface area contributed by atoms with E-state index in [0.29, 0.717) is 13.0 Å². The van der Waals surface area contributed by atoms with Crippen LogP contribution in [-0.2, 0) is 9.59 Å². The topological polar surface area (TPSA) is 43.9 Å². The van der Waals surface area contributed by atoms with Crippen LogP contribution >= 0.6 is 0 Å². The molecule has 0 radical (unpaired) electrons. The summed E-state index contributed by atoms with van der Waals surface area (Å²) >= 11 is 0. The Bertz CT molecular complexity index is 621. The third kappa shape index (κ3) is 4.69. The molecule has 1 atom stereocenters. The summed E-state index contributed by atoms with van der Waals surface area (Å²) in [5, 5.41) is 0. The highest BCUT2D eigenvalue weighted by Crippen LogP contribution is 2.20. The highest BCUT2D eigenvalue weighted by Gasteiger charge is 2.32. The predicted molar refractivity (Wildman–Crippen MR) is 98.9 cm³/mol. The van der Waals surface area contributed by atoms with Crippen molar-refractivity contribution in [3.8, 4) is 0 Å². The zero-order valence-corrected chi connectivity index (χ0v) is 14.9. The average molecular weight is 341 g/mol. The molecule has 1 aromatic carbocycles. The van der Waals surface area contributed by atoms with Crippen molar-refractivity contribution in [3.05, 3.63) is 42.0 Å². The minimum absolute atomic E-state index is 0.0919. The lowest BCUT2D eigenvalue weighted by molar-refractivity contribution is -0.145. The molecule has 5 heteroatoms. The Balaban J connectivity index is 1.43. The minimum Gasteiger partial charge on any atom is -0.346 e. The highest BCUT2D eigenvalue weighted by molar-refractivity contribution is 5.87. The molecule has 2 saturated heterocycles. The van der Waals surface area contributed by atoms with Gasteiger partial charge in [-0.25, -0.2) is 0 Å². The minimum atomic E-state index is -0.117. The standard InChI is InChI=1S/C20H27N3O2/c1-21-11-9-18(16-19(21)24)20(25)23-14-12-22(13-15-23)10-5-8-17-6-3-2-4-7-17/h2-8,18H,9-16H2,1H3/b8-5+. The summed E-state index contributed by atoms with van der Waals surface area (Å²) < 4.78 is 0. The molecule has 2 aliphatic rings. The average Bonchev–Trinajstić information content (AvgIpc) is 2.65. The largest absolute Gasteiger partial charge is 0.346 e. The molecule has 0 aliphatic carbocycles. The van der Waals surface area contributed by atoms with Gasteiger partial charge in [0, 0.05) is 58.7 Å². The third-order valence-electron chi connectivity index (χ3n) is 5.17. The lowest BCUT2D eigenvalue weighted by atomic mass is 9.94. The van der Waals surface area contributed by atoms with Gasteiger partial charge in [0.05, 0.1) is 0 Å². The second-order valence-electron chi connectivity index (χ2n) is 6.94. The van der Waals surface area contributed by atoms with E-state index in [1.807, 2.05) is 30.1 Å². The van der Waals surface area contributed by atoms with E-state index in [4.69, 9.17) is 0 Å². The number of nitrogens with zero attached hydrogens (tertiary/aromatic N) is 3. The number of likely N-dealkylation sites (tertiary alicyclic amines) is 1. The van der Waals surface area contributed by atoms with Crippen LogP contribution < -0.4 is 0 Å². The molecule has 0 bridgehead atoms. The van der Waals surface area contributed by atoms with E-state index in [9.17, 15) is 9.59 Å². The van der Waals surface area contributed by atoms with Crippen molar-refractivity contribution in [2.24, 2.45) is 5.92 Å². The molecule has 2 fully saturated rings. The van der Waals surface area contributed by atoms with Gasteiger partial charge in [0.25, 0.3) is 0 Å². The van der Waals surface area contributed by atoms with Gasteiger partial charge in [-0.2, -0.15) is 0 Å². The van der Waals surface area contributed by atoms with Crippen molar-refractivity contribution in [1.82, 2.24) is 14.7 Å². The maximum absolute atomic E-state index is 12.6. The first-order valence-electron chi connectivity index (χ1n) is 9.10. The van der Waals surface area contributed by atoms with E-state index in [0.717, 1.165) is 39.1 Å². The molecule has 0 spiro atoms. The first-order chi connectivity index (χ1) is 12.1. The van der Waals surface area contributed by atoms with E-state index < -0.39 is 0 Å². The number of piperazine rings is 1. The van der Waals surface area contributed by atoms with Gasteiger partial charge in [-0.15, -0.1) is 0 Å². The molecule has 2 amide bonds. The monoisotopic (exact) mass is 341 g/mol. The number of amides is 2. The number of carbonyl (C=O) groups is 2. The molecule has 1 unspecified atom stereocenters. The number of piperidine rings is 1. The Hall–Kier alpha value is -2.14. The summed E-state index contributed by atoms with van der Waals surface area (Å²) in [5.41, 5.74) is 1.21. The fourth-order valence-electron chi connectivity index (χ4n) is 3.46. The number of rotatable bonds is 4. The summed E-state index contributed by atoms with van der Waals surface area (Å²) in [6, 6.07) is 10.3. The van der Waals surface area contributed by atoms with Crippen LogP contribution in [0.25, 0.3) is 6.08 Å². The van der Waals surface area contributed by atoms with Gasteiger partial charge in [0.1, 0.15) is 0 Å². The summed E-state index contributed by atoms with van der Waals surface area (Å²) in [5.74, 6) is 0.142. The summed E-state index contributed by atoms with van der Waals surface area (Å²) in [6.07, 6.45) is 5.49. The fraction of sp³-hybridized carbons (Fsp3) is 0.500. The van der Waals surface area contributed by atoms with Crippen LogP contribution in [0.15, 0.2) is 36.4 Å². The first-order valence-corrected chi connectivity index (χ1v) is 9.10. The van der Waals surface area contributed by atoms with E-state index in [1.165, 1.54) is 5.56 Å². The van der Waals surface area contributed by atoms with Gasteiger partial charge in [-0.3, -0.25) is 14.5 Å². The van der Waals surface area contributed by atoms with Crippen LogP contribution in [0.1, 0.15) is 18.4 Å². The molecular weight excluding hydrogens is 314 g/mol. The SMILES string of the molecule is CN1CCC(C(=O)N2CCN(C/C=C/c3ccccc3)CC2)CC1=O. The molecule has 25 heavy (non-hydrogen) atoms. The Kier molecular flexibility index (Phi) is 5.87. The smallest absolute Gasteiger partial charge is 0.226 e. The molecule has 0 N–H and O–H groups in total. The van der Waals surface area contributed by atoms with Gasteiger partial charge < -0.3 is 9.80 Å². The number of carbonyl (C=O) groups excluding carboxylic acids is 2. The molecule has 2 aliphatic heterocycles. The molecule has 1 aromatic rings.